The lowest BCUT2D eigenvalue weighted by molar-refractivity contribution is 0.403. The average molecular weight is 400 g/mol. The van der Waals surface area contributed by atoms with Crippen LogP contribution in [0.3, 0.4) is 0 Å². The van der Waals surface area contributed by atoms with Gasteiger partial charge in [0.05, 0.1) is 6.21 Å². The maximum atomic E-state index is 12.3. The minimum Gasteiger partial charge on any atom is -0.508 e. The highest BCUT2D eigenvalue weighted by Gasteiger charge is 2.14. The van der Waals surface area contributed by atoms with E-state index in [1.165, 1.54) is 60.9 Å². The van der Waals surface area contributed by atoms with Gasteiger partial charge in [0.15, 0.2) is 11.5 Å². The van der Waals surface area contributed by atoms with Gasteiger partial charge < -0.3 is 15.3 Å². The lowest BCUT2D eigenvalue weighted by Gasteiger charge is -2.08. The van der Waals surface area contributed by atoms with Crippen LogP contribution in [0.25, 0.3) is 0 Å². The Morgan fingerprint density at radius 2 is 1.68 bits per heavy atom. The van der Waals surface area contributed by atoms with Gasteiger partial charge in [0, 0.05) is 11.9 Å². The van der Waals surface area contributed by atoms with Crippen molar-refractivity contribution in [2.24, 2.45) is 5.10 Å². The quantitative estimate of drug-likeness (QED) is 0.185. The summed E-state index contributed by atoms with van der Waals surface area (Å²) in [4.78, 5) is 3.95. The van der Waals surface area contributed by atoms with Gasteiger partial charge in [0.2, 0.25) is 0 Å². The van der Waals surface area contributed by atoms with Crippen molar-refractivity contribution >= 4 is 27.7 Å². The SMILES string of the molecule is O=S(=O)(Nc1ccc(O)cc1)c1ccc(N/N=C/c2ccc(O)c(O)c2)nc1. The molecule has 0 bridgehead atoms. The van der Waals surface area contributed by atoms with E-state index in [1.807, 2.05) is 0 Å². The first kappa shape index (κ1) is 19.0. The molecule has 1 heterocycles. The Morgan fingerprint density at radius 3 is 2.32 bits per heavy atom. The highest BCUT2D eigenvalue weighted by Crippen LogP contribution is 2.24. The Kier molecular flexibility index (Phi) is 5.32. The third-order valence-corrected chi connectivity index (χ3v) is 4.92. The molecule has 0 saturated heterocycles. The predicted molar refractivity (Wildman–Crippen MR) is 104 cm³/mol. The van der Waals surface area contributed by atoms with Gasteiger partial charge >= 0.3 is 0 Å². The van der Waals surface area contributed by atoms with Crippen LogP contribution in [0.4, 0.5) is 11.5 Å². The van der Waals surface area contributed by atoms with E-state index in [-0.39, 0.29) is 22.1 Å². The number of benzene rings is 2. The maximum Gasteiger partial charge on any atom is 0.263 e. The van der Waals surface area contributed by atoms with E-state index in [0.717, 1.165) is 0 Å². The molecule has 0 fully saturated rings. The van der Waals surface area contributed by atoms with Crippen molar-refractivity contribution < 1.29 is 23.7 Å². The molecule has 5 N–H and O–H groups in total. The second-order valence-electron chi connectivity index (χ2n) is 5.65. The van der Waals surface area contributed by atoms with Crippen LogP contribution in [0.1, 0.15) is 5.56 Å². The van der Waals surface area contributed by atoms with Crippen LogP contribution < -0.4 is 10.1 Å². The maximum absolute atomic E-state index is 12.3. The van der Waals surface area contributed by atoms with E-state index in [4.69, 9.17) is 0 Å². The highest BCUT2D eigenvalue weighted by molar-refractivity contribution is 7.92. The standard InChI is InChI=1S/C18H16N4O5S/c23-14-4-2-13(3-5-14)22-28(26,27)15-6-8-18(19-11-15)21-20-10-12-1-7-16(24)17(25)9-12/h1-11,22-25H,(H,19,21)/b20-10+. The molecule has 1 aromatic heterocycles. The molecule has 2 aromatic carbocycles. The topological polar surface area (TPSA) is 144 Å². The Labute approximate surface area is 160 Å². The molecule has 144 valence electrons. The first-order valence-corrected chi connectivity index (χ1v) is 9.41. The van der Waals surface area contributed by atoms with Crippen molar-refractivity contribution in [1.29, 1.82) is 0 Å². The number of rotatable bonds is 6. The van der Waals surface area contributed by atoms with Crippen LogP contribution in [-0.2, 0) is 10.0 Å². The predicted octanol–water partition coefficient (Wildman–Crippen LogP) is 2.45. The summed E-state index contributed by atoms with van der Waals surface area (Å²) in [5.74, 6) is -0.159. The first-order valence-electron chi connectivity index (χ1n) is 7.92. The molecular weight excluding hydrogens is 384 g/mol. The minimum atomic E-state index is -3.83. The van der Waals surface area contributed by atoms with E-state index in [1.54, 1.807) is 6.07 Å². The minimum absolute atomic E-state index is 0.0307. The summed E-state index contributed by atoms with van der Waals surface area (Å²) in [6.45, 7) is 0. The molecule has 10 heteroatoms. The molecule has 9 nitrogen and oxygen atoms in total. The van der Waals surface area contributed by atoms with Gasteiger partial charge in [0.25, 0.3) is 10.0 Å². The smallest absolute Gasteiger partial charge is 0.263 e. The van der Waals surface area contributed by atoms with Crippen molar-refractivity contribution in [3.63, 3.8) is 0 Å². The summed E-state index contributed by atoms with van der Waals surface area (Å²) in [5, 5.41) is 31.9. The fourth-order valence-electron chi connectivity index (χ4n) is 2.14. The number of nitrogens with one attached hydrogen (secondary N) is 2. The zero-order valence-electron chi connectivity index (χ0n) is 14.3. The van der Waals surface area contributed by atoms with Crippen LogP contribution >= 0.6 is 0 Å². The Balaban J connectivity index is 1.66. The molecule has 0 radical (unpaired) electrons. The number of sulfonamides is 1. The molecule has 28 heavy (non-hydrogen) atoms. The fraction of sp³-hybridized carbons (Fsp3) is 0. The Morgan fingerprint density at radius 1 is 0.929 bits per heavy atom. The monoisotopic (exact) mass is 400 g/mol. The van der Waals surface area contributed by atoms with E-state index in [2.05, 4.69) is 20.2 Å². The van der Waals surface area contributed by atoms with Gasteiger partial charge in [0.1, 0.15) is 16.5 Å². The van der Waals surface area contributed by atoms with Crippen LogP contribution in [0.15, 0.2) is 70.8 Å². The molecule has 0 saturated carbocycles. The Bertz CT molecular complexity index is 1100. The van der Waals surface area contributed by atoms with E-state index < -0.39 is 10.0 Å². The van der Waals surface area contributed by atoms with Crippen LogP contribution in [0.5, 0.6) is 17.2 Å². The van der Waals surface area contributed by atoms with Gasteiger partial charge in [-0.15, -0.1) is 0 Å². The Hall–Kier alpha value is -3.79. The number of pyridine rings is 1. The number of hydrogen-bond acceptors (Lipinski definition) is 8. The van der Waals surface area contributed by atoms with Crippen molar-refractivity contribution in [3.8, 4) is 17.2 Å². The van der Waals surface area contributed by atoms with Gasteiger partial charge in [-0.2, -0.15) is 5.10 Å². The zero-order valence-corrected chi connectivity index (χ0v) is 15.1. The summed E-state index contributed by atoms with van der Waals surface area (Å²) in [6.07, 6.45) is 2.57. The van der Waals surface area contributed by atoms with Gasteiger partial charge in [-0.05, 0) is 60.2 Å². The van der Waals surface area contributed by atoms with Crippen LogP contribution in [-0.4, -0.2) is 34.9 Å². The first-order chi connectivity index (χ1) is 13.3. The number of aromatic nitrogens is 1. The number of phenols is 3. The molecule has 3 rings (SSSR count). The van der Waals surface area contributed by atoms with Crippen molar-refractivity contribution in [2.45, 2.75) is 4.90 Å². The van der Waals surface area contributed by atoms with Crippen LogP contribution in [0, 0.1) is 0 Å². The van der Waals surface area contributed by atoms with Gasteiger partial charge in [-0.3, -0.25) is 10.1 Å². The van der Waals surface area contributed by atoms with Crippen molar-refractivity contribution in [2.75, 3.05) is 10.1 Å². The number of nitrogens with zero attached hydrogens (tertiary/aromatic N) is 2. The van der Waals surface area contributed by atoms with E-state index in [0.29, 0.717) is 17.1 Å². The van der Waals surface area contributed by atoms with Gasteiger partial charge in [-0.25, -0.2) is 13.4 Å². The number of aromatic hydroxyl groups is 3. The number of hydrogen-bond donors (Lipinski definition) is 5. The summed E-state index contributed by atoms with van der Waals surface area (Å²) < 4.78 is 27.1. The highest BCUT2D eigenvalue weighted by atomic mass is 32.2. The third-order valence-electron chi connectivity index (χ3n) is 3.56. The second kappa shape index (κ2) is 7.84. The fourth-order valence-corrected chi connectivity index (χ4v) is 3.15. The summed E-state index contributed by atoms with van der Waals surface area (Å²) in [6, 6.07) is 12.6. The molecule has 0 aliphatic rings. The number of hydrazone groups is 1. The molecule has 0 spiro atoms. The summed E-state index contributed by atoms with van der Waals surface area (Å²) in [7, 11) is -3.83. The largest absolute Gasteiger partial charge is 0.508 e. The van der Waals surface area contributed by atoms with Gasteiger partial charge in [-0.1, -0.05) is 0 Å². The molecule has 0 amide bonds. The molecule has 0 aliphatic carbocycles. The summed E-state index contributed by atoms with van der Waals surface area (Å²) in [5.41, 5.74) is 3.48. The lowest BCUT2D eigenvalue weighted by atomic mass is 10.2. The molecule has 0 aliphatic heterocycles. The lowest BCUT2D eigenvalue weighted by Crippen LogP contribution is -2.13. The van der Waals surface area contributed by atoms with E-state index >= 15 is 0 Å². The zero-order chi connectivity index (χ0) is 20.1. The molecule has 3 aromatic rings. The average Bonchev–Trinajstić information content (AvgIpc) is 2.67. The third kappa shape index (κ3) is 4.68. The van der Waals surface area contributed by atoms with Crippen molar-refractivity contribution in [1.82, 2.24) is 4.98 Å². The second-order valence-corrected chi connectivity index (χ2v) is 7.33. The van der Waals surface area contributed by atoms with E-state index in [9.17, 15) is 23.7 Å². The molecule has 0 atom stereocenters. The number of phenolic OH excluding ortho intramolecular Hbond substituents is 3. The molecule has 0 unspecified atom stereocenters. The molecular formula is C18H16N4O5S. The number of anilines is 2. The van der Waals surface area contributed by atoms with Crippen molar-refractivity contribution in [3.05, 3.63) is 66.4 Å². The van der Waals surface area contributed by atoms with Crippen LogP contribution in [0.2, 0.25) is 0 Å². The normalized spacial score (nSPS) is 11.4. The summed E-state index contributed by atoms with van der Waals surface area (Å²) >= 11 is 0.